The van der Waals surface area contributed by atoms with Gasteiger partial charge in [-0.1, -0.05) is 208 Å². The standard InChI is InChI=1S/C69H50O2/c1-69(2)63-41-49(67-59-17-9-5-13-55(59)65(56-14-6-10-18-60(56)67)47-25-21-43(22-26-47)45-29-35-51(70-3)36-30-45)33-39-53(63)54-40-34-50(42-64(54)69)68-61-19-11-7-15-57(61)66(58-16-8-12-20-62(58)68)48-27-23-44(24-28-48)46-31-37-52(71-4)38-32-46/h5-42H,1-4H3. The molecule has 13 rings (SSSR count). The molecule has 0 saturated carbocycles. The Morgan fingerprint density at radius 1 is 0.254 bits per heavy atom. The van der Waals surface area contributed by atoms with Crippen LogP contribution in [0.4, 0.5) is 0 Å². The van der Waals surface area contributed by atoms with Gasteiger partial charge in [0.05, 0.1) is 14.2 Å². The molecule has 71 heavy (non-hydrogen) atoms. The van der Waals surface area contributed by atoms with Crippen molar-refractivity contribution in [1.82, 2.24) is 0 Å². The average molecular weight is 911 g/mol. The van der Waals surface area contributed by atoms with Gasteiger partial charge in [0.1, 0.15) is 11.5 Å². The molecule has 0 aliphatic heterocycles. The summed E-state index contributed by atoms with van der Waals surface area (Å²) >= 11 is 0. The molecule has 1 aliphatic carbocycles. The molecule has 0 amide bonds. The van der Waals surface area contributed by atoms with E-state index >= 15 is 0 Å². The number of hydrogen-bond acceptors (Lipinski definition) is 2. The zero-order chi connectivity index (χ0) is 47.8. The monoisotopic (exact) mass is 910 g/mol. The van der Waals surface area contributed by atoms with Gasteiger partial charge in [0.25, 0.3) is 0 Å². The van der Waals surface area contributed by atoms with Crippen LogP contribution in [0, 0.1) is 0 Å². The van der Waals surface area contributed by atoms with Crippen LogP contribution in [0.2, 0.25) is 0 Å². The van der Waals surface area contributed by atoms with Crippen LogP contribution >= 0.6 is 0 Å². The van der Waals surface area contributed by atoms with Crippen molar-refractivity contribution in [3.63, 3.8) is 0 Å². The summed E-state index contributed by atoms with van der Waals surface area (Å²) in [4.78, 5) is 0. The third-order valence-electron chi connectivity index (χ3n) is 15.3. The van der Waals surface area contributed by atoms with E-state index in [0.29, 0.717) is 0 Å². The Labute approximate surface area is 415 Å². The summed E-state index contributed by atoms with van der Waals surface area (Å²) in [5.74, 6) is 1.72. The van der Waals surface area contributed by atoms with Gasteiger partial charge in [0, 0.05) is 5.41 Å². The highest BCUT2D eigenvalue weighted by molar-refractivity contribution is 6.23. The number of benzene rings is 12. The quantitative estimate of drug-likeness (QED) is 0.141. The smallest absolute Gasteiger partial charge is 0.118 e. The third-order valence-corrected chi connectivity index (χ3v) is 15.3. The Bertz CT molecular complexity index is 3670. The van der Waals surface area contributed by atoms with Gasteiger partial charge in [0.2, 0.25) is 0 Å². The minimum atomic E-state index is -0.245. The molecule has 1 aliphatic rings. The van der Waals surface area contributed by atoms with Crippen molar-refractivity contribution in [3.8, 4) is 89.4 Å². The molecule has 12 aromatic carbocycles. The van der Waals surface area contributed by atoms with E-state index in [9.17, 15) is 0 Å². The van der Waals surface area contributed by atoms with Crippen LogP contribution < -0.4 is 9.47 Å². The average Bonchev–Trinajstić information content (AvgIpc) is 3.66. The fourth-order valence-electron chi connectivity index (χ4n) is 11.8. The van der Waals surface area contributed by atoms with Gasteiger partial charge in [-0.05, 0) is 169 Å². The molecule has 0 fully saturated rings. The van der Waals surface area contributed by atoms with Crippen LogP contribution in [0.3, 0.4) is 0 Å². The molecule has 0 heterocycles. The van der Waals surface area contributed by atoms with Gasteiger partial charge >= 0.3 is 0 Å². The van der Waals surface area contributed by atoms with Crippen LogP contribution in [-0.4, -0.2) is 14.2 Å². The topological polar surface area (TPSA) is 18.5 Å². The lowest BCUT2D eigenvalue weighted by Gasteiger charge is -2.24. The number of rotatable bonds is 8. The molecule has 338 valence electrons. The maximum absolute atomic E-state index is 5.42. The molecule has 0 unspecified atom stereocenters. The largest absolute Gasteiger partial charge is 0.497 e. The van der Waals surface area contributed by atoms with E-state index in [1.165, 1.54) is 132 Å². The minimum absolute atomic E-state index is 0.245. The van der Waals surface area contributed by atoms with Crippen LogP contribution in [0.25, 0.3) is 121 Å². The summed E-state index contributed by atoms with van der Waals surface area (Å²) in [6.07, 6.45) is 0. The first kappa shape index (κ1) is 42.4. The summed E-state index contributed by atoms with van der Waals surface area (Å²) in [5, 5.41) is 10.0. The van der Waals surface area contributed by atoms with Crippen molar-refractivity contribution >= 4 is 43.1 Å². The van der Waals surface area contributed by atoms with Crippen LogP contribution in [-0.2, 0) is 5.41 Å². The van der Waals surface area contributed by atoms with Gasteiger partial charge < -0.3 is 9.47 Å². The zero-order valence-electron chi connectivity index (χ0n) is 40.3. The highest BCUT2D eigenvalue weighted by Gasteiger charge is 2.36. The summed E-state index contributed by atoms with van der Waals surface area (Å²) in [6, 6.07) is 85.0. The van der Waals surface area contributed by atoms with E-state index in [4.69, 9.17) is 9.47 Å². The number of methoxy groups -OCH3 is 2. The molecule has 0 radical (unpaired) electrons. The molecule has 0 atom stereocenters. The van der Waals surface area contributed by atoms with Crippen molar-refractivity contribution in [2.24, 2.45) is 0 Å². The minimum Gasteiger partial charge on any atom is -0.497 e. The first-order chi connectivity index (χ1) is 34.9. The lowest BCUT2D eigenvalue weighted by molar-refractivity contribution is 0.415. The Kier molecular flexibility index (Phi) is 10.0. The SMILES string of the molecule is COc1ccc(-c2ccc(-c3c4ccccc4c(-c4ccc5c(c4)C(C)(C)c4cc(-c6c7ccccc7c(-c7ccc(-c8ccc(OC)cc8)cc7)c7ccccc67)ccc4-5)c4ccccc34)cc2)cc1. The van der Waals surface area contributed by atoms with Gasteiger partial charge in [-0.25, -0.2) is 0 Å². The number of fused-ring (bicyclic) bond motifs is 7. The molecule has 0 aromatic heterocycles. The maximum Gasteiger partial charge on any atom is 0.118 e. The molecule has 2 heteroatoms. The van der Waals surface area contributed by atoms with E-state index in [2.05, 4.69) is 220 Å². The second kappa shape index (κ2) is 16.8. The van der Waals surface area contributed by atoms with Crippen LogP contribution in [0.1, 0.15) is 25.0 Å². The molecular weight excluding hydrogens is 861 g/mol. The van der Waals surface area contributed by atoms with E-state index in [-0.39, 0.29) is 5.41 Å². The first-order valence-electron chi connectivity index (χ1n) is 24.5. The lowest BCUT2D eigenvalue weighted by atomic mass is 9.79. The highest BCUT2D eigenvalue weighted by Crippen LogP contribution is 2.53. The molecule has 0 bridgehead atoms. The van der Waals surface area contributed by atoms with E-state index in [1.54, 1.807) is 14.2 Å². The molecule has 2 nitrogen and oxygen atoms in total. The van der Waals surface area contributed by atoms with Crippen LogP contribution in [0.5, 0.6) is 11.5 Å². The van der Waals surface area contributed by atoms with E-state index in [1.807, 2.05) is 24.3 Å². The summed E-state index contributed by atoms with van der Waals surface area (Å²) in [5.41, 5.74) is 19.8. The van der Waals surface area contributed by atoms with Gasteiger partial charge in [0.15, 0.2) is 0 Å². The van der Waals surface area contributed by atoms with Crippen molar-refractivity contribution in [3.05, 3.63) is 242 Å². The maximum atomic E-state index is 5.42. The zero-order valence-corrected chi connectivity index (χ0v) is 40.3. The van der Waals surface area contributed by atoms with Crippen molar-refractivity contribution in [2.45, 2.75) is 19.3 Å². The van der Waals surface area contributed by atoms with E-state index in [0.717, 1.165) is 11.5 Å². The molecule has 12 aromatic rings. The van der Waals surface area contributed by atoms with Gasteiger partial charge in [-0.2, -0.15) is 0 Å². The fourth-order valence-corrected chi connectivity index (χ4v) is 11.8. The number of hydrogen-bond donors (Lipinski definition) is 0. The predicted octanol–water partition coefficient (Wildman–Crippen LogP) is 18.6. The van der Waals surface area contributed by atoms with E-state index < -0.39 is 0 Å². The predicted molar refractivity (Wildman–Crippen MR) is 300 cm³/mol. The van der Waals surface area contributed by atoms with Gasteiger partial charge in [-0.15, -0.1) is 0 Å². The van der Waals surface area contributed by atoms with Crippen molar-refractivity contribution in [1.29, 1.82) is 0 Å². The Morgan fingerprint density at radius 2 is 0.479 bits per heavy atom. The third kappa shape index (κ3) is 6.85. The molecule has 0 N–H and O–H groups in total. The Morgan fingerprint density at radius 3 is 0.746 bits per heavy atom. The second-order valence-corrected chi connectivity index (χ2v) is 19.4. The molecular formula is C69H50O2. The highest BCUT2D eigenvalue weighted by atomic mass is 16.5. The molecule has 0 spiro atoms. The summed E-state index contributed by atoms with van der Waals surface area (Å²) < 4.78 is 10.8. The van der Waals surface area contributed by atoms with Crippen molar-refractivity contribution < 1.29 is 9.47 Å². The Balaban J connectivity index is 0.904. The van der Waals surface area contributed by atoms with Gasteiger partial charge in [-0.3, -0.25) is 0 Å². The second-order valence-electron chi connectivity index (χ2n) is 19.4. The number of ether oxygens (including phenoxy) is 2. The van der Waals surface area contributed by atoms with Crippen molar-refractivity contribution in [2.75, 3.05) is 14.2 Å². The Hall–Kier alpha value is -8.72. The molecule has 0 saturated heterocycles. The summed E-state index contributed by atoms with van der Waals surface area (Å²) in [6.45, 7) is 4.82. The summed E-state index contributed by atoms with van der Waals surface area (Å²) in [7, 11) is 3.41. The lowest BCUT2D eigenvalue weighted by Crippen LogP contribution is -2.15. The normalized spacial score (nSPS) is 12.6. The first-order valence-corrected chi connectivity index (χ1v) is 24.5. The fraction of sp³-hybridized carbons (Fsp3) is 0.0725. The van der Waals surface area contributed by atoms with Crippen LogP contribution in [0.15, 0.2) is 231 Å².